The monoisotopic (exact) mass is 450 g/mol. The smallest absolute Gasteiger partial charge is 0.354 e. The van der Waals surface area contributed by atoms with Gasteiger partial charge in [0.15, 0.2) is 0 Å². The molecule has 1 rings (SSSR count). The predicted molar refractivity (Wildman–Crippen MR) is 87.3 cm³/mol. The second-order valence-corrected chi connectivity index (χ2v) is 5.80. The van der Waals surface area contributed by atoms with Crippen LogP contribution in [-0.2, 0) is 19.1 Å². The van der Waals surface area contributed by atoms with E-state index in [0.717, 1.165) is 13.2 Å². The van der Waals surface area contributed by atoms with Gasteiger partial charge in [0.05, 0.1) is 36.6 Å². The Kier molecular flexibility index (Phi) is 6.87. The van der Waals surface area contributed by atoms with E-state index in [0.29, 0.717) is 8.95 Å². The number of esters is 2. The van der Waals surface area contributed by atoms with Crippen molar-refractivity contribution in [3.63, 3.8) is 0 Å². The van der Waals surface area contributed by atoms with E-state index < -0.39 is 11.9 Å². The molecule has 0 saturated heterocycles. The molecule has 0 bridgehead atoms. The molecule has 0 aromatic heterocycles. The number of halogens is 3. The summed E-state index contributed by atoms with van der Waals surface area (Å²) in [6.07, 6.45) is 0.912. The van der Waals surface area contributed by atoms with Crippen molar-refractivity contribution in [1.29, 1.82) is 5.26 Å². The van der Waals surface area contributed by atoms with Gasteiger partial charge in [-0.25, -0.2) is 9.59 Å². The number of benzene rings is 1. The molecule has 0 atom stereocenters. The SMILES string of the molecule is COC(=O)/C=C(/Nc1c(Br)cc(Br)c(Cl)c1C#N)C(=O)OC. The molecule has 0 fully saturated rings. The van der Waals surface area contributed by atoms with Crippen molar-refractivity contribution in [3.05, 3.63) is 37.4 Å². The van der Waals surface area contributed by atoms with Crippen LogP contribution < -0.4 is 5.32 Å². The average molecular weight is 452 g/mol. The summed E-state index contributed by atoms with van der Waals surface area (Å²) in [5.74, 6) is -1.56. The average Bonchev–Trinajstić information content (AvgIpc) is 2.50. The third-order valence-corrected chi connectivity index (χ3v) is 4.28. The number of carbonyl (C=O) groups excluding carboxylic acids is 2. The fraction of sp³-hybridized carbons (Fsp3) is 0.154. The van der Waals surface area contributed by atoms with Gasteiger partial charge in [0.1, 0.15) is 11.8 Å². The molecule has 22 heavy (non-hydrogen) atoms. The molecule has 1 aromatic rings. The Labute approximate surface area is 148 Å². The zero-order valence-corrected chi connectivity index (χ0v) is 15.3. The third-order valence-electron chi connectivity index (χ3n) is 2.41. The number of hydrogen-bond acceptors (Lipinski definition) is 6. The van der Waals surface area contributed by atoms with Crippen LogP contribution in [0, 0.1) is 11.3 Å². The second-order valence-electron chi connectivity index (χ2n) is 3.71. The highest BCUT2D eigenvalue weighted by Crippen LogP contribution is 2.38. The molecule has 1 aromatic carbocycles. The van der Waals surface area contributed by atoms with E-state index in [1.165, 1.54) is 7.11 Å². The highest BCUT2D eigenvalue weighted by atomic mass is 79.9. The van der Waals surface area contributed by atoms with E-state index in [4.69, 9.17) is 11.6 Å². The van der Waals surface area contributed by atoms with Crippen LogP contribution in [0.3, 0.4) is 0 Å². The Bertz CT molecular complexity index is 698. The first-order valence-corrected chi connectivity index (χ1v) is 7.54. The van der Waals surface area contributed by atoms with E-state index >= 15 is 0 Å². The van der Waals surface area contributed by atoms with Crippen molar-refractivity contribution in [2.24, 2.45) is 0 Å². The van der Waals surface area contributed by atoms with Gasteiger partial charge in [0.25, 0.3) is 0 Å². The lowest BCUT2D eigenvalue weighted by Crippen LogP contribution is -2.16. The summed E-state index contributed by atoms with van der Waals surface area (Å²) in [6, 6.07) is 3.52. The van der Waals surface area contributed by atoms with Crippen LogP contribution in [0.25, 0.3) is 0 Å². The summed E-state index contributed by atoms with van der Waals surface area (Å²) >= 11 is 12.5. The van der Waals surface area contributed by atoms with Crippen molar-refractivity contribution in [1.82, 2.24) is 0 Å². The first kappa shape index (κ1) is 18.5. The maximum absolute atomic E-state index is 11.7. The van der Waals surface area contributed by atoms with Crippen LogP contribution in [-0.4, -0.2) is 26.2 Å². The number of rotatable bonds is 4. The van der Waals surface area contributed by atoms with Gasteiger partial charge in [-0.05, 0) is 37.9 Å². The summed E-state index contributed by atoms with van der Waals surface area (Å²) in [6.45, 7) is 0. The van der Waals surface area contributed by atoms with Crippen molar-refractivity contribution >= 4 is 61.1 Å². The second kappa shape index (κ2) is 8.17. The van der Waals surface area contributed by atoms with Gasteiger partial charge in [-0.3, -0.25) is 0 Å². The van der Waals surface area contributed by atoms with Gasteiger partial charge in [0.2, 0.25) is 0 Å². The molecule has 6 nitrogen and oxygen atoms in total. The van der Waals surface area contributed by atoms with Crippen LogP contribution in [0.1, 0.15) is 5.56 Å². The maximum atomic E-state index is 11.7. The Morgan fingerprint density at radius 2 is 1.95 bits per heavy atom. The highest BCUT2D eigenvalue weighted by Gasteiger charge is 2.19. The fourth-order valence-corrected chi connectivity index (χ4v) is 2.84. The first-order chi connectivity index (χ1) is 10.3. The van der Waals surface area contributed by atoms with Crippen LogP contribution in [0.2, 0.25) is 5.02 Å². The first-order valence-electron chi connectivity index (χ1n) is 5.58. The number of ether oxygens (including phenoxy) is 2. The molecule has 0 radical (unpaired) electrons. The van der Waals surface area contributed by atoms with Crippen molar-refractivity contribution in [3.8, 4) is 6.07 Å². The number of nitrogens with zero attached hydrogens (tertiary/aromatic N) is 1. The van der Waals surface area contributed by atoms with Gasteiger partial charge in [-0.15, -0.1) is 0 Å². The molecule has 0 heterocycles. The van der Waals surface area contributed by atoms with Crippen LogP contribution >= 0.6 is 43.5 Å². The Morgan fingerprint density at radius 3 is 2.45 bits per heavy atom. The van der Waals surface area contributed by atoms with E-state index in [1.54, 1.807) is 6.07 Å². The largest absolute Gasteiger partial charge is 0.466 e. The van der Waals surface area contributed by atoms with Gasteiger partial charge in [-0.1, -0.05) is 11.6 Å². The van der Waals surface area contributed by atoms with Crippen LogP contribution in [0.15, 0.2) is 26.8 Å². The van der Waals surface area contributed by atoms with E-state index in [1.807, 2.05) is 6.07 Å². The van der Waals surface area contributed by atoms with Gasteiger partial charge in [0, 0.05) is 8.95 Å². The number of nitriles is 1. The summed E-state index contributed by atoms with van der Waals surface area (Å²) in [5.41, 5.74) is 0.101. The van der Waals surface area contributed by atoms with Crippen molar-refractivity contribution in [2.45, 2.75) is 0 Å². The summed E-state index contributed by atoms with van der Waals surface area (Å²) in [7, 11) is 2.32. The normalized spacial score (nSPS) is 10.6. The van der Waals surface area contributed by atoms with Gasteiger partial charge >= 0.3 is 11.9 Å². The zero-order valence-electron chi connectivity index (χ0n) is 11.4. The lowest BCUT2D eigenvalue weighted by atomic mass is 10.2. The molecule has 0 saturated carbocycles. The maximum Gasteiger partial charge on any atom is 0.354 e. The van der Waals surface area contributed by atoms with E-state index in [2.05, 4.69) is 46.7 Å². The standard InChI is InChI=1S/C13H9Br2ClN2O4/c1-21-10(19)4-9(13(20)22-2)18-12-6(5-17)11(16)7(14)3-8(12)15/h3-4,18H,1-2H3/b9-4+. The minimum atomic E-state index is -0.805. The van der Waals surface area contributed by atoms with Gasteiger partial charge in [-0.2, -0.15) is 5.26 Å². The molecule has 0 unspecified atom stereocenters. The number of nitrogens with one attached hydrogen (secondary N) is 1. The third kappa shape index (κ3) is 4.22. The number of anilines is 1. The lowest BCUT2D eigenvalue weighted by Gasteiger charge is -2.14. The summed E-state index contributed by atoms with van der Waals surface area (Å²) < 4.78 is 10.0. The Balaban J connectivity index is 3.40. The van der Waals surface area contributed by atoms with Crippen molar-refractivity contribution in [2.75, 3.05) is 19.5 Å². The molecule has 9 heteroatoms. The Hall–Kier alpha value is -1.56. The van der Waals surface area contributed by atoms with Crippen LogP contribution in [0.5, 0.6) is 0 Å². The molecule has 0 aliphatic heterocycles. The highest BCUT2D eigenvalue weighted by molar-refractivity contribution is 9.11. The minimum Gasteiger partial charge on any atom is -0.466 e. The van der Waals surface area contributed by atoms with E-state index in [-0.39, 0.29) is 22.0 Å². The lowest BCUT2D eigenvalue weighted by molar-refractivity contribution is -0.138. The number of methoxy groups -OCH3 is 2. The van der Waals surface area contributed by atoms with Gasteiger partial charge < -0.3 is 14.8 Å². The predicted octanol–water partition coefficient (Wildman–Crippen LogP) is 3.38. The fourth-order valence-electron chi connectivity index (χ4n) is 1.39. The molecule has 0 amide bonds. The number of hydrogen-bond donors (Lipinski definition) is 1. The minimum absolute atomic E-state index is 0.0857. The molecule has 0 spiro atoms. The molecular formula is C13H9Br2ClN2O4. The summed E-state index contributed by atoms with van der Waals surface area (Å²) in [5, 5.41) is 12.1. The quantitative estimate of drug-likeness (QED) is 0.428. The molecular weight excluding hydrogens is 443 g/mol. The molecule has 0 aliphatic carbocycles. The molecule has 116 valence electrons. The zero-order chi connectivity index (χ0) is 16.9. The summed E-state index contributed by atoms with van der Waals surface area (Å²) in [4.78, 5) is 23.1. The topological polar surface area (TPSA) is 88.4 Å². The Morgan fingerprint density at radius 1 is 1.32 bits per heavy atom. The van der Waals surface area contributed by atoms with Crippen molar-refractivity contribution < 1.29 is 19.1 Å². The van der Waals surface area contributed by atoms with Crippen LogP contribution in [0.4, 0.5) is 5.69 Å². The number of carbonyl (C=O) groups is 2. The van der Waals surface area contributed by atoms with E-state index in [9.17, 15) is 14.9 Å². The molecule has 0 aliphatic rings. The molecule has 1 N–H and O–H groups in total.